The van der Waals surface area contributed by atoms with Crippen molar-refractivity contribution >= 4 is 34.9 Å². The Bertz CT molecular complexity index is 1020. The van der Waals surface area contributed by atoms with E-state index in [0.717, 1.165) is 46.5 Å². The summed E-state index contributed by atoms with van der Waals surface area (Å²) in [6.45, 7) is -0.0926. The molecule has 2 aromatic carbocycles. The van der Waals surface area contributed by atoms with Crippen LogP contribution in [0.5, 0.6) is 5.75 Å². The quantitative estimate of drug-likeness (QED) is 0.669. The number of halogens is 3. The van der Waals surface area contributed by atoms with Crippen molar-refractivity contribution < 1.29 is 32.3 Å². The van der Waals surface area contributed by atoms with Crippen LogP contribution < -0.4 is 10.1 Å². The van der Waals surface area contributed by atoms with E-state index in [9.17, 15) is 27.6 Å². The van der Waals surface area contributed by atoms with Crippen LogP contribution >= 0.6 is 11.8 Å². The maximum Gasteiger partial charge on any atom is 0.416 e. The molecule has 1 heterocycles. The molecule has 2 aromatic rings. The molecule has 0 unspecified atom stereocenters. The van der Waals surface area contributed by atoms with Gasteiger partial charge in [0.05, 0.1) is 17.6 Å². The van der Waals surface area contributed by atoms with Gasteiger partial charge in [-0.2, -0.15) is 13.2 Å². The highest BCUT2D eigenvalue weighted by Crippen LogP contribution is 2.32. The standard InChI is InChI=1S/C21H17F3N2O4S/c1-30-16-8-2-13(3-9-16)12-17-19(28)26(20(29)31-17)11-10-25-18(27)14-4-6-15(7-5-14)21(22,23)24/h2-9,12H,10-11H2,1H3,(H,25,27)/b17-12+. The highest BCUT2D eigenvalue weighted by atomic mass is 32.2. The molecule has 0 aromatic heterocycles. The van der Waals surface area contributed by atoms with E-state index in [4.69, 9.17) is 4.74 Å². The van der Waals surface area contributed by atoms with Crippen LogP contribution in [0.4, 0.5) is 18.0 Å². The normalized spacial score (nSPS) is 15.5. The van der Waals surface area contributed by atoms with E-state index >= 15 is 0 Å². The molecule has 1 saturated heterocycles. The number of amides is 3. The number of carbonyl (C=O) groups is 3. The van der Waals surface area contributed by atoms with E-state index < -0.39 is 28.8 Å². The molecule has 0 saturated carbocycles. The summed E-state index contributed by atoms with van der Waals surface area (Å²) in [4.78, 5) is 38.0. The second kappa shape index (κ2) is 9.25. The molecule has 3 amide bonds. The number of nitrogens with one attached hydrogen (secondary N) is 1. The lowest BCUT2D eigenvalue weighted by molar-refractivity contribution is -0.137. The molecule has 1 fully saturated rings. The highest BCUT2D eigenvalue weighted by molar-refractivity contribution is 8.18. The predicted molar refractivity (Wildman–Crippen MR) is 109 cm³/mol. The van der Waals surface area contributed by atoms with Gasteiger partial charge in [0, 0.05) is 18.7 Å². The first-order chi connectivity index (χ1) is 14.7. The number of carbonyl (C=O) groups excluding carboxylic acids is 3. The summed E-state index contributed by atoms with van der Waals surface area (Å²) in [5.74, 6) is -0.418. The zero-order chi connectivity index (χ0) is 22.6. The van der Waals surface area contributed by atoms with Crippen LogP contribution in [-0.2, 0) is 11.0 Å². The molecular weight excluding hydrogens is 433 g/mol. The molecule has 6 nitrogen and oxygen atoms in total. The largest absolute Gasteiger partial charge is 0.497 e. The number of ether oxygens (including phenoxy) is 1. The molecule has 0 atom stereocenters. The third-order valence-corrected chi connectivity index (χ3v) is 5.29. The average molecular weight is 450 g/mol. The van der Waals surface area contributed by atoms with E-state index in [1.807, 2.05) is 0 Å². The lowest BCUT2D eigenvalue weighted by Gasteiger charge is -2.13. The van der Waals surface area contributed by atoms with Gasteiger partial charge in [-0.05, 0) is 59.8 Å². The van der Waals surface area contributed by atoms with Crippen LogP contribution in [0.2, 0.25) is 0 Å². The monoisotopic (exact) mass is 450 g/mol. The fourth-order valence-corrected chi connectivity index (χ4v) is 3.60. The molecule has 0 spiro atoms. The summed E-state index contributed by atoms with van der Waals surface area (Å²) >= 11 is 0.794. The van der Waals surface area contributed by atoms with Gasteiger partial charge < -0.3 is 10.1 Å². The van der Waals surface area contributed by atoms with Gasteiger partial charge >= 0.3 is 6.18 Å². The lowest BCUT2D eigenvalue weighted by Crippen LogP contribution is -2.37. The van der Waals surface area contributed by atoms with Crippen LogP contribution in [0.1, 0.15) is 21.5 Å². The van der Waals surface area contributed by atoms with Crippen LogP contribution in [0.25, 0.3) is 6.08 Å². The molecule has 0 radical (unpaired) electrons. The zero-order valence-electron chi connectivity index (χ0n) is 16.2. The third kappa shape index (κ3) is 5.46. The van der Waals surface area contributed by atoms with Crippen molar-refractivity contribution in [2.24, 2.45) is 0 Å². The fraction of sp³-hybridized carbons (Fsp3) is 0.190. The van der Waals surface area contributed by atoms with Crippen molar-refractivity contribution in [3.8, 4) is 5.75 Å². The minimum absolute atomic E-state index is 0.0340. The van der Waals surface area contributed by atoms with Gasteiger partial charge in [0.25, 0.3) is 17.1 Å². The second-order valence-electron chi connectivity index (χ2n) is 6.44. The lowest BCUT2D eigenvalue weighted by atomic mass is 10.1. The number of imide groups is 1. The number of alkyl halides is 3. The van der Waals surface area contributed by atoms with Crippen molar-refractivity contribution in [1.82, 2.24) is 10.2 Å². The summed E-state index contributed by atoms with van der Waals surface area (Å²) in [5.41, 5.74) is -0.0889. The summed E-state index contributed by atoms with van der Waals surface area (Å²) in [6, 6.07) is 10.7. The van der Waals surface area contributed by atoms with E-state index in [1.54, 1.807) is 30.3 Å². The van der Waals surface area contributed by atoms with Crippen LogP contribution in [0.15, 0.2) is 53.4 Å². The summed E-state index contributed by atoms with van der Waals surface area (Å²) < 4.78 is 42.8. The Kier molecular flexibility index (Phi) is 6.69. The van der Waals surface area contributed by atoms with Crippen LogP contribution in [0, 0.1) is 0 Å². The number of benzene rings is 2. The number of thioether (sulfide) groups is 1. The summed E-state index contributed by atoms with van der Waals surface area (Å²) in [7, 11) is 1.54. The molecule has 162 valence electrons. The molecule has 1 aliphatic heterocycles. The Labute approximate surface area is 180 Å². The van der Waals surface area contributed by atoms with Gasteiger partial charge in [-0.3, -0.25) is 19.3 Å². The van der Waals surface area contributed by atoms with Crippen molar-refractivity contribution in [1.29, 1.82) is 0 Å². The summed E-state index contributed by atoms with van der Waals surface area (Å²) in [6.07, 6.45) is -2.90. The van der Waals surface area contributed by atoms with Gasteiger partial charge in [0.2, 0.25) is 0 Å². The minimum Gasteiger partial charge on any atom is -0.497 e. The Balaban J connectivity index is 1.56. The predicted octanol–water partition coefficient (Wildman–Crippen LogP) is 4.18. The van der Waals surface area contributed by atoms with Gasteiger partial charge in [-0.1, -0.05) is 12.1 Å². The average Bonchev–Trinajstić information content (AvgIpc) is 3.01. The first kappa shape index (κ1) is 22.4. The van der Waals surface area contributed by atoms with Crippen molar-refractivity contribution in [2.75, 3.05) is 20.2 Å². The third-order valence-electron chi connectivity index (χ3n) is 4.38. The first-order valence-corrected chi connectivity index (χ1v) is 9.85. The summed E-state index contributed by atoms with van der Waals surface area (Å²) in [5, 5.41) is 2.03. The topological polar surface area (TPSA) is 75.7 Å². The second-order valence-corrected chi connectivity index (χ2v) is 7.43. The van der Waals surface area contributed by atoms with Gasteiger partial charge in [-0.25, -0.2) is 0 Å². The van der Waals surface area contributed by atoms with Crippen molar-refractivity contribution in [2.45, 2.75) is 6.18 Å². The van der Waals surface area contributed by atoms with Gasteiger partial charge in [-0.15, -0.1) is 0 Å². The number of nitrogens with zero attached hydrogens (tertiary/aromatic N) is 1. The molecule has 1 N–H and O–H groups in total. The smallest absolute Gasteiger partial charge is 0.416 e. The molecular formula is C21H17F3N2O4S. The molecule has 0 aliphatic carbocycles. The molecule has 0 bridgehead atoms. The maximum atomic E-state index is 12.6. The maximum absolute atomic E-state index is 12.6. The number of hydrogen-bond acceptors (Lipinski definition) is 5. The number of rotatable bonds is 6. The number of methoxy groups -OCH3 is 1. The van der Waals surface area contributed by atoms with Gasteiger partial charge in [0.15, 0.2) is 0 Å². The Hall–Kier alpha value is -3.27. The first-order valence-electron chi connectivity index (χ1n) is 9.04. The Morgan fingerprint density at radius 1 is 1.10 bits per heavy atom. The molecule has 1 aliphatic rings. The van der Waals surface area contributed by atoms with Crippen LogP contribution in [0.3, 0.4) is 0 Å². The van der Waals surface area contributed by atoms with Crippen molar-refractivity contribution in [3.05, 3.63) is 70.1 Å². The fourth-order valence-electron chi connectivity index (χ4n) is 2.74. The molecule has 31 heavy (non-hydrogen) atoms. The minimum atomic E-state index is -4.49. The Morgan fingerprint density at radius 2 is 1.74 bits per heavy atom. The van der Waals surface area contributed by atoms with E-state index in [-0.39, 0.29) is 23.6 Å². The van der Waals surface area contributed by atoms with Crippen molar-refractivity contribution in [3.63, 3.8) is 0 Å². The Morgan fingerprint density at radius 3 is 2.32 bits per heavy atom. The van der Waals surface area contributed by atoms with Crippen LogP contribution in [-0.4, -0.2) is 42.2 Å². The van der Waals surface area contributed by atoms with E-state index in [1.165, 1.54) is 7.11 Å². The molecule has 3 rings (SSSR count). The highest BCUT2D eigenvalue weighted by Gasteiger charge is 2.34. The van der Waals surface area contributed by atoms with Gasteiger partial charge in [0.1, 0.15) is 5.75 Å². The van der Waals surface area contributed by atoms with E-state index in [0.29, 0.717) is 5.75 Å². The number of hydrogen-bond donors (Lipinski definition) is 1. The zero-order valence-corrected chi connectivity index (χ0v) is 17.0. The molecule has 10 heteroatoms. The SMILES string of the molecule is COc1ccc(/C=C2/SC(=O)N(CCNC(=O)c3ccc(C(F)(F)F)cc3)C2=O)cc1. The van der Waals surface area contributed by atoms with E-state index in [2.05, 4.69) is 5.32 Å².